The van der Waals surface area contributed by atoms with Crippen molar-refractivity contribution < 1.29 is 9.53 Å². The van der Waals surface area contributed by atoms with E-state index < -0.39 is 0 Å². The topological polar surface area (TPSA) is 29.5 Å². The minimum Gasteiger partial charge on any atom is -0.496 e. The van der Waals surface area contributed by atoms with E-state index in [1.54, 1.807) is 7.11 Å². The van der Waals surface area contributed by atoms with Gasteiger partial charge in [-0.2, -0.15) is 0 Å². The van der Waals surface area contributed by atoms with Crippen molar-refractivity contribution in [3.63, 3.8) is 0 Å². The Labute approximate surface area is 129 Å². The van der Waals surface area contributed by atoms with Crippen molar-refractivity contribution in [1.82, 2.24) is 4.90 Å². The number of halogens is 1. The first kappa shape index (κ1) is 15.5. The predicted molar refractivity (Wildman–Crippen MR) is 84.4 cm³/mol. The quantitative estimate of drug-likeness (QED) is 0.784. The van der Waals surface area contributed by atoms with E-state index in [1.165, 1.54) is 6.42 Å². The van der Waals surface area contributed by atoms with Gasteiger partial charge in [-0.25, -0.2) is 0 Å². The van der Waals surface area contributed by atoms with E-state index in [0.717, 1.165) is 28.9 Å². The fraction of sp³-hybridized carbons (Fsp3) is 0.562. The molecule has 1 aromatic carbocycles. The minimum atomic E-state index is 0.176. The molecule has 20 heavy (non-hydrogen) atoms. The van der Waals surface area contributed by atoms with Gasteiger partial charge < -0.3 is 4.74 Å². The Kier molecular flexibility index (Phi) is 5.22. The lowest BCUT2D eigenvalue weighted by molar-refractivity contribution is 0.0849. The number of hydrogen-bond donors (Lipinski definition) is 0. The summed E-state index contributed by atoms with van der Waals surface area (Å²) in [6, 6.07) is 5.51. The third kappa shape index (κ3) is 3.83. The van der Waals surface area contributed by atoms with Crippen LogP contribution in [0.15, 0.2) is 22.7 Å². The van der Waals surface area contributed by atoms with Crippen LogP contribution in [0.5, 0.6) is 5.75 Å². The van der Waals surface area contributed by atoms with Gasteiger partial charge in [0.25, 0.3) is 0 Å². The number of likely N-dealkylation sites (tertiary alicyclic amines) is 1. The van der Waals surface area contributed by atoms with Crippen LogP contribution in [0.1, 0.15) is 30.6 Å². The highest BCUT2D eigenvalue weighted by atomic mass is 79.9. The average Bonchev–Trinajstić information content (AvgIpc) is 2.37. The van der Waals surface area contributed by atoms with E-state index in [-0.39, 0.29) is 5.78 Å². The van der Waals surface area contributed by atoms with Crippen molar-refractivity contribution in [2.45, 2.75) is 20.3 Å². The summed E-state index contributed by atoms with van der Waals surface area (Å²) in [5.41, 5.74) is 0.739. The average molecular weight is 340 g/mol. The van der Waals surface area contributed by atoms with Crippen LogP contribution in [0.25, 0.3) is 0 Å². The van der Waals surface area contributed by atoms with E-state index in [0.29, 0.717) is 18.4 Å². The van der Waals surface area contributed by atoms with Crippen LogP contribution in [0.2, 0.25) is 0 Å². The van der Waals surface area contributed by atoms with Crippen LogP contribution in [-0.2, 0) is 0 Å². The second-order valence-electron chi connectivity index (χ2n) is 5.91. The van der Waals surface area contributed by atoms with Crippen LogP contribution in [0, 0.1) is 11.8 Å². The number of ether oxygens (including phenoxy) is 1. The fourth-order valence-electron chi connectivity index (χ4n) is 3.06. The highest BCUT2D eigenvalue weighted by molar-refractivity contribution is 9.10. The van der Waals surface area contributed by atoms with Crippen molar-refractivity contribution in [2.24, 2.45) is 11.8 Å². The number of methoxy groups -OCH3 is 1. The molecule has 0 saturated carbocycles. The molecule has 2 atom stereocenters. The van der Waals surface area contributed by atoms with Gasteiger partial charge in [0.15, 0.2) is 5.78 Å². The van der Waals surface area contributed by atoms with Gasteiger partial charge in [0, 0.05) is 18.7 Å². The zero-order valence-corrected chi connectivity index (χ0v) is 13.9. The largest absolute Gasteiger partial charge is 0.496 e. The molecule has 0 bridgehead atoms. The van der Waals surface area contributed by atoms with Crippen LogP contribution in [0.3, 0.4) is 0 Å². The molecule has 1 heterocycles. The summed E-state index contributed by atoms with van der Waals surface area (Å²) in [5, 5.41) is 0. The maximum absolute atomic E-state index is 12.4. The number of hydrogen-bond acceptors (Lipinski definition) is 3. The lowest BCUT2D eigenvalue weighted by Gasteiger charge is -2.34. The molecule has 0 aliphatic carbocycles. The summed E-state index contributed by atoms with van der Waals surface area (Å²) >= 11 is 3.43. The van der Waals surface area contributed by atoms with Gasteiger partial charge in [0.1, 0.15) is 5.75 Å². The first-order chi connectivity index (χ1) is 9.49. The third-order valence-electron chi connectivity index (χ3n) is 3.79. The normalized spacial score (nSPS) is 23.6. The summed E-state index contributed by atoms with van der Waals surface area (Å²) in [6.07, 6.45) is 1.26. The number of carbonyl (C=O) groups excluding carboxylic acids is 1. The van der Waals surface area contributed by atoms with E-state index >= 15 is 0 Å². The summed E-state index contributed by atoms with van der Waals surface area (Å²) in [4.78, 5) is 14.7. The molecule has 1 aromatic rings. The predicted octanol–water partition coefficient (Wildman–Crippen LogP) is 3.62. The molecule has 1 fully saturated rings. The van der Waals surface area contributed by atoms with E-state index in [1.807, 2.05) is 18.2 Å². The van der Waals surface area contributed by atoms with Crippen LogP contribution in [0.4, 0.5) is 0 Å². The second-order valence-corrected chi connectivity index (χ2v) is 6.77. The van der Waals surface area contributed by atoms with E-state index in [9.17, 15) is 4.79 Å². The van der Waals surface area contributed by atoms with Crippen molar-refractivity contribution in [3.05, 3.63) is 28.2 Å². The van der Waals surface area contributed by atoms with Gasteiger partial charge >= 0.3 is 0 Å². The molecule has 3 nitrogen and oxygen atoms in total. The summed E-state index contributed by atoms with van der Waals surface area (Å²) in [7, 11) is 1.62. The van der Waals surface area contributed by atoms with Gasteiger partial charge in [0.05, 0.1) is 18.1 Å². The number of carbonyl (C=O) groups is 1. The van der Waals surface area contributed by atoms with Crippen LogP contribution < -0.4 is 4.74 Å². The Morgan fingerprint density at radius 2 is 2.00 bits per heavy atom. The van der Waals surface area contributed by atoms with E-state index in [2.05, 4.69) is 34.7 Å². The molecule has 0 amide bonds. The SMILES string of the molecule is COc1ccc(C(=O)CN2CC(C)CC(C)C2)cc1Br. The molecular weight excluding hydrogens is 318 g/mol. The van der Waals surface area contributed by atoms with E-state index in [4.69, 9.17) is 4.74 Å². The lowest BCUT2D eigenvalue weighted by Crippen LogP contribution is -2.41. The molecule has 1 aliphatic heterocycles. The third-order valence-corrected chi connectivity index (χ3v) is 4.41. The van der Waals surface area contributed by atoms with Crippen molar-refractivity contribution >= 4 is 21.7 Å². The Hall–Kier alpha value is -0.870. The maximum Gasteiger partial charge on any atom is 0.176 e. The highest BCUT2D eigenvalue weighted by Gasteiger charge is 2.23. The number of ketones is 1. The maximum atomic E-state index is 12.4. The summed E-state index contributed by atoms with van der Waals surface area (Å²) in [5.74, 6) is 2.28. The molecule has 1 saturated heterocycles. The number of benzene rings is 1. The molecule has 0 spiro atoms. The zero-order valence-electron chi connectivity index (χ0n) is 12.4. The number of piperidine rings is 1. The number of Topliss-reactive ketones (excluding diaryl/α,β-unsaturated/α-hetero) is 1. The fourth-order valence-corrected chi connectivity index (χ4v) is 3.60. The lowest BCUT2D eigenvalue weighted by atomic mass is 9.91. The molecule has 0 radical (unpaired) electrons. The molecule has 110 valence electrons. The van der Waals surface area contributed by atoms with Gasteiger partial charge in [-0.3, -0.25) is 9.69 Å². The number of rotatable bonds is 4. The van der Waals surface area contributed by atoms with Crippen molar-refractivity contribution in [2.75, 3.05) is 26.7 Å². The van der Waals surface area contributed by atoms with Crippen LogP contribution >= 0.6 is 15.9 Å². The zero-order chi connectivity index (χ0) is 14.7. The van der Waals surface area contributed by atoms with Gasteiger partial charge in [-0.1, -0.05) is 13.8 Å². The second kappa shape index (κ2) is 6.72. The molecular formula is C16H22BrNO2. The molecule has 1 aliphatic rings. The first-order valence-electron chi connectivity index (χ1n) is 7.08. The van der Waals surface area contributed by atoms with Crippen molar-refractivity contribution in [3.8, 4) is 5.75 Å². The molecule has 0 aromatic heterocycles. The molecule has 4 heteroatoms. The van der Waals surface area contributed by atoms with Gasteiger partial charge in [0.2, 0.25) is 0 Å². The van der Waals surface area contributed by atoms with Crippen molar-refractivity contribution in [1.29, 1.82) is 0 Å². The molecule has 2 unspecified atom stereocenters. The number of nitrogens with zero attached hydrogens (tertiary/aromatic N) is 1. The Balaban J connectivity index is 2.02. The Morgan fingerprint density at radius 3 is 2.55 bits per heavy atom. The van der Waals surface area contributed by atoms with Crippen LogP contribution in [-0.4, -0.2) is 37.4 Å². The van der Waals surface area contributed by atoms with Gasteiger partial charge in [-0.05, 0) is 52.4 Å². The monoisotopic (exact) mass is 339 g/mol. The standard InChI is InChI=1S/C16H22BrNO2/c1-11-6-12(2)9-18(8-11)10-15(19)13-4-5-16(20-3)14(17)7-13/h4-5,7,11-12H,6,8-10H2,1-3H3. The molecule has 2 rings (SSSR count). The highest BCUT2D eigenvalue weighted by Crippen LogP contribution is 2.26. The minimum absolute atomic E-state index is 0.176. The summed E-state index contributed by atoms with van der Waals surface area (Å²) < 4.78 is 6.01. The molecule has 0 N–H and O–H groups in total. The smallest absolute Gasteiger partial charge is 0.176 e. The van der Waals surface area contributed by atoms with Gasteiger partial charge in [-0.15, -0.1) is 0 Å². The Morgan fingerprint density at radius 1 is 1.35 bits per heavy atom. The summed E-state index contributed by atoms with van der Waals surface area (Å²) in [6.45, 7) is 7.07. The first-order valence-corrected chi connectivity index (χ1v) is 7.88. The Bertz CT molecular complexity index is 479.